The molecule has 2 saturated heterocycles. The standard InChI is InChI=1S/C18H37N3O/c1-17(2,3)21-10-8-19(9-11-21)15-20-13-16(14-20)7-12-22-18(4,5)6/h16H,7-15H2,1-6H3. The summed E-state index contributed by atoms with van der Waals surface area (Å²) in [5, 5.41) is 0. The van der Waals surface area contributed by atoms with Crippen LogP contribution in [0.4, 0.5) is 0 Å². The highest BCUT2D eigenvalue weighted by molar-refractivity contribution is 4.84. The summed E-state index contributed by atoms with van der Waals surface area (Å²) in [6, 6.07) is 0. The third-order valence-corrected chi connectivity index (χ3v) is 4.81. The van der Waals surface area contributed by atoms with Crippen molar-refractivity contribution in [3.63, 3.8) is 0 Å². The molecule has 0 N–H and O–H groups in total. The van der Waals surface area contributed by atoms with Crippen molar-refractivity contribution in [1.82, 2.24) is 14.7 Å². The maximum absolute atomic E-state index is 5.83. The Morgan fingerprint density at radius 3 is 1.95 bits per heavy atom. The highest BCUT2D eigenvalue weighted by Gasteiger charge is 2.30. The summed E-state index contributed by atoms with van der Waals surface area (Å²) in [5.74, 6) is 0.846. The minimum absolute atomic E-state index is 0.0101. The van der Waals surface area contributed by atoms with Crippen LogP contribution in [0, 0.1) is 5.92 Å². The summed E-state index contributed by atoms with van der Waals surface area (Å²) in [7, 11) is 0. The molecule has 0 saturated carbocycles. The van der Waals surface area contributed by atoms with Crippen LogP contribution in [0.15, 0.2) is 0 Å². The molecule has 0 amide bonds. The number of hydrogen-bond acceptors (Lipinski definition) is 4. The predicted molar refractivity (Wildman–Crippen MR) is 93.2 cm³/mol. The van der Waals surface area contributed by atoms with E-state index in [1.165, 1.54) is 45.7 Å². The average Bonchev–Trinajstić information content (AvgIpc) is 2.33. The number of likely N-dealkylation sites (tertiary alicyclic amines) is 1. The van der Waals surface area contributed by atoms with Crippen molar-refractivity contribution in [2.24, 2.45) is 5.92 Å². The zero-order valence-corrected chi connectivity index (χ0v) is 15.7. The zero-order chi connectivity index (χ0) is 16.4. The van der Waals surface area contributed by atoms with Gasteiger partial charge >= 0.3 is 0 Å². The van der Waals surface area contributed by atoms with Gasteiger partial charge in [0, 0.05) is 51.4 Å². The fourth-order valence-corrected chi connectivity index (χ4v) is 3.35. The Bertz CT molecular complexity index is 331. The van der Waals surface area contributed by atoms with E-state index in [0.29, 0.717) is 5.54 Å². The van der Waals surface area contributed by atoms with Crippen LogP contribution in [-0.2, 0) is 4.74 Å². The monoisotopic (exact) mass is 311 g/mol. The second kappa shape index (κ2) is 7.16. The molecule has 0 atom stereocenters. The van der Waals surface area contributed by atoms with Crippen molar-refractivity contribution >= 4 is 0 Å². The van der Waals surface area contributed by atoms with E-state index in [2.05, 4.69) is 56.2 Å². The van der Waals surface area contributed by atoms with Crippen LogP contribution in [0.5, 0.6) is 0 Å². The normalized spacial score (nSPS) is 23.7. The Morgan fingerprint density at radius 1 is 0.864 bits per heavy atom. The van der Waals surface area contributed by atoms with Crippen LogP contribution >= 0.6 is 0 Å². The molecular formula is C18H37N3O. The van der Waals surface area contributed by atoms with Crippen LogP contribution in [-0.4, -0.2) is 78.4 Å². The summed E-state index contributed by atoms with van der Waals surface area (Å²) in [4.78, 5) is 7.81. The van der Waals surface area contributed by atoms with Gasteiger partial charge < -0.3 is 4.74 Å². The van der Waals surface area contributed by atoms with Crippen molar-refractivity contribution in [1.29, 1.82) is 0 Å². The third kappa shape index (κ3) is 5.80. The van der Waals surface area contributed by atoms with Crippen LogP contribution in [0.25, 0.3) is 0 Å². The molecule has 2 rings (SSSR count). The molecule has 0 unspecified atom stereocenters. The summed E-state index contributed by atoms with van der Waals surface area (Å²) in [6.45, 7) is 22.8. The lowest BCUT2D eigenvalue weighted by molar-refractivity contribution is -0.0369. The number of nitrogens with zero attached hydrogens (tertiary/aromatic N) is 3. The molecule has 0 aromatic heterocycles. The highest BCUT2D eigenvalue weighted by Crippen LogP contribution is 2.22. The van der Waals surface area contributed by atoms with E-state index in [-0.39, 0.29) is 5.60 Å². The molecule has 0 aromatic rings. The first-order valence-electron chi connectivity index (χ1n) is 8.97. The van der Waals surface area contributed by atoms with E-state index in [0.717, 1.165) is 19.2 Å². The maximum atomic E-state index is 5.83. The van der Waals surface area contributed by atoms with Gasteiger partial charge in [-0.15, -0.1) is 0 Å². The quantitative estimate of drug-likeness (QED) is 0.776. The van der Waals surface area contributed by atoms with Crippen LogP contribution in [0.3, 0.4) is 0 Å². The van der Waals surface area contributed by atoms with Gasteiger partial charge in [-0.1, -0.05) is 0 Å². The van der Waals surface area contributed by atoms with E-state index in [4.69, 9.17) is 4.74 Å². The van der Waals surface area contributed by atoms with Gasteiger partial charge in [-0.25, -0.2) is 0 Å². The van der Waals surface area contributed by atoms with Gasteiger partial charge in [-0.05, 0) is 53.9 Å². The molecule has 22 heavy (non-hydrogen) atoms. The summed E-state index contributed by atoms with van der Waals surface area (Å²) >= 11 is 0. The summed E-state index contributed by atoms with van der Waals surface area (Å²) < 4.78 is 5.83. The van der Waals surface area contributed by atoms with Gasteiger partial charge in [-0.3, -0.25) is 14.7 Å². The zero-order valence-electron chi connectivity index (χ0n) is 15.7. The van der Waals surface area contributed by atoms with Crippen LogP contribution in [0.1, 0.15) is 48.0 Å². The minimum atomic E-state index is 0.0101. The Kier molecular flexibility index (Phi) is 5.92. The first-order valence-corrected chi connectivity index (χ1v) is 8.97. The van der Waals surface area contributed by atoms with Crippen molar-refractivity contribution in [2.75, 3.05) is 52.5 Å². The molecule has 4 heteroatoms. The first-order chi connectivity index (χ1) is 10.1. The maximum Gasteiger partial charge on any atom is 0.0598 e. The minimum Gasteiger partial charge on any atom is -0.376 e. The lowest BCUT2D eigenvalue weighted by atomic mass is 9.97. The van der Waals surface area contributed by atoms with E-state index in [1.807, 2.05) is 0 Å². The molecule has 4 nitrogen and oxygen atoms in total. The van der Waals surface area contributed by atoms with E-state index < -0.39 is 0 Å². The Hall–Kier alpha value is -0.160. The average molecular weight is 312 g/mol. The van der Waals surface area contributed by atoms with Gasteiger partial charge in [-0.2, -0.15) is 0 Å². The fourth-order valence-electron chi connectivity index (χ4n) is 3.35. The number of piperazine rings is 1. The molecule has 130 valence electrons. The van der Waals surface area contributed by atoms with E-state index >= 15 is 0 Å². The molecule has 2 aliphatic rings. The summed E-state index contributed by atoms with van der Waals surface area (Å²) in [6.07, 6.45) is 1.21. The fraction of sp³-hybridized carbons (Fsp3) is 1.00. The lowest BCUT2D eigenvalue weighted by Gasteiger charge is -2.46. The molecule has 2 aliphatic heterocycles. The van der Waals surface area contributed by atoms with Gasteiger partial charge in [0.1, 0.15) is 0 Å². The number of ether oxygens (including phenoxy) is 1. The largest absolute Gasteiger partial charge is 0.376 e. The first kappa shape index (κ1) is 18.2. The van der Waals surface area contributed by atoms with Crippen LogP contribution < -0.4 is 0 Å². The van der Waals surface area contributed by atoms with Gasteiger partial charge in [0.05, 0.1) is 12.3 Å². The third-order valence-electron chi connectivity index (χ3n) is 4.81. The van der Waals surface area contributed by atoms with E-state index in [9.17, 15) is 0 Å². The molecule has 0 radical (unpaired) electrons. The molecule has 0 aliphatic carbocycles. The van der Waals surface area contributed by atoms with Crippen molar-refractivity contribution in [3.8, 4) is 0 Å². The van der Waals surface area contributed by atoms with Gasteiger partial charge in [0.15, 0.2) is 0 Å². The van der Waals surface area contributed by atoms with Crippen molar-refractivity contribution in [2.45, 2.75) is 59.1 Å². The molecule has 2 heterocycles. The molecule has 0 aromatic carbocycles. The van der Waals surface area contributed by atoms with Crippen molar-refractivity contribution < 1.29 is 4.74 Å². The smallest absolute Gasteiger partial charge is 0.0598 e. The Labute approximate surface area is 137 Å². The second-order valence-corrected chi connectivity index (χ2v) is 9.07. The molecular weight excluding hydrogens is 274 g/mol. The van der Waals surface area contributed by atoms with Crippen molar-refractivity contribution in [3.05, 3.63) is 0 Å². The Balaban J connectivity index is 1.55. The number of hydrogen-bond donors (Lipinski definition) is 0. The topological polar surface area (TPSA) is 19.0 Å². The number of rotatable bonds is 5. The molecule has 0 bridgehead atoms. The highest BCUT2D eigenvalue weighted by atomic mass is 16.5. The molecule has 2 fully saturated rings. The van der Waals surface area contributed by atoms with Gasteiger partial charge in [0.25, 0.3) is 0 Å². The Morgan fingerprint density at radius 2 is 1.45 bits per heavy atom. The molecule has 0 spiro atoms. The summed E-state index contributed by atoms with van der Waals surface area (Å²) in [5.41, 5.74) is 0.331. The van der Waals surface area contributed by atoms with E-state index in [1.54, 1.807) is 0 Å². The van der Waals surface area contributed by atoms with Gasteiger partial charge in [0.2, 0.25) is 0 Å². The SMILES string of the molecule is CC(C)(C)OCCC1CN(CN2CCN(C(C)(C)C)CC2)C1. The lowest BCUT2D eigenvalue weighted by Crippen LogP contribution is -2.58. The predicted octanol–water partition coefficient (Wildman–Crippen LogP) is 2.50. The van der Waals surface area contributed by atoms with Crippen LogP contribution in [0.2, 0.25) is 0 Å². The second-order valence-electron chi connectivity index (χ2n) is 9.07.